The second-order valence-electron chi connectivity index (χ2n) is 6.12. The Kier molecular flexibility index (Phi) is 4.34. The molecule has 0 radical (unpaired) electrons. The van der Waals surface area contributed by atoms with Crippen molar-refractivity contribution in [1.29, 1.82) is 0 Å². The Morgan fingerprint density at radius 2 is 1.76 bits per heavy atom. The number of benzene rings is 2. The molecule has 0 saturated heterocycles. The first-order valence-electron chi connectivity index (χ1n) is 7.77. The minimum Gasteiger partial charge on any atom is -0.378 e. The van der Waals surface area contributed by atoms with E-state index < -0.39 is 0 Å². The largest absolute Gasteiger partial charge is 0.378 e. The number of aryl methyl sites for hydroxylation is 3. The second-order valence-corrected chi connectivity index (χ2v) is 7.03. The summed E-state index contributed by atoms with van der Waals surface area (Å²) in [6.07, 6.45) is 5.18. The van der Waals surface area contributed by atoms with Crippen LogP contribution in [0.5, 0.6) is 0 Å². The van der Waals surface area contributed by atoms with Crippen LogP contribution in [0.4, 0.5) is 5.69 Å². The molecule has 1 nitrogen and oxygen atoms in total. The molecule has 21 heavy (non-hydrogen) atoms. The first-order chi connectivity index (χ1) is 10.1. The van der Waals surface area contributed by atoms with E-state index >= 15 is 0 Å². The van der Waals surface area contributed by atoms with E-state index in [0.717, 1.165) is 4.47 Å². The zero-order valence-electron chi connectivity index (χ0n) is 12.7. The predicted octanol–water partition coefficient (Wildman–Crippen LogP) is 5.81. The van der Waals surface area contributed by atoms with Crippen LogP contribution in [-0.4, -0.2) is 0 Å². The van der Waals surface area contributed by atoms with Crippen molar-refractivity contribution in [2.45, 2.75) is 45.6 Å². The number of rotatable bonds is 3. The molecule has 0 aromatic heterocycles. The average Bonchev–Trinajstić information content (AvgIpc) is 2.45. The topological polar surface area (TPSA) is 12.0 Å². The fourth-order valence-electron chi connectivity index (χ4n) is 3.18. The number of hydrogen-bond acceptors (Lipinski definition) is 1. The van der Waals surface area contributed by atoms with Crippen molar-refractivity contribution in [3.05, 3.63) is 63.1 Å². The molecule has 0 saturated carbocycles. The van der Waals surface area contributed by atoms with Gasteiger partial charge in [0.05, 0.1) is 0 Å². The van der Waals surface area contributed by atoms with Gasteiger partial charge in [-0.2, -0.15) is 0 Å². The smallest absolute Gasteiger partial charge is 0.0485 e. The Bertz CT molecular complexity index is 628. The molecule has 3 rings (SSSR count). The fourth-order valence-corrected chi connectivity index (χ4v) is 3.78. The zero-order valence-corrected chi connectivity index (χ0v) is 14.3. The minimum absolute atomic E-state index is 0.325. The van der Waals surface area contributed by atoms with Gasteiger partial charge in [-0.15, -0.1) is 0 Å². The van der Waals surface area contributed by atoms with Crippen LogP contribution < -0.4 is 5.32 Å². The maximum atomic E-state index is 3.62. The summed E-state index contributed by atoms with van der Waals surface area (Å²) in [5.41, 5.74) is 6.93. The SMILES string of the molecule is Cc1cc(Br)cc(NC(C)c2ccc3c(c2)CCCC3)c1. The lowest BCUT2D eigenvalue weighted by molar-refractivity contribution is 0.683. The van der Waals surface area contributed by atoms with Gasteiger partial charge in [-0.3, -0.25) is 0 Å². The van der Waals surface area contributed by atoms with E-state index in [4.69, 9.17) is 0 Å². The average molecular weight is 344 g/mol. The highest BCUT2D eigenvalue weighted by atomic mass is 79.9. The van der Waals surface area contributed by atoms with Gasteiger partial charge in [0.25, 0.3) is 0 Å². The molecule has 1 unspecified atom stereocenters. The Morgan fingerprint density at radius 1 is 1.00 bits per heavy atom. The third-order valence-corrected chi connectivity index (χ3v) is 4.76. The van der Waals surface area contributed by atoms with Crippen molar-refractivity contribution in [3.63, 3.8) is 0 Å². The molecule has 0 heterocycles. The summed E-state index contributed by atoms with van der Waals surface area (Å²) in [4.78, 5) is 0. The van der Waals surface area contributed by atoms with Crippen LogP contribution in [0, 0.1) is 6.92 Å². The highest BCUT2D eigenvalue weighted by Crippen LogP contribution is 2.27. The van der Waals surface area contributed by atoms with E-state index in [-0.39, 0.29) is 0 Å². The van der Waals surface area contributed by atoms with Crippen LogP contribution in [0.25, 0.3) is 0 Å². The van der Waals surface area contributed by atoms with E-state index in [1.54, 1.807) is 11.1 Å². The standard InChI is InChI=1S/C19H22BrN/c1-13-9-18(20)12-19(10-13)21-14(2)16-8-7-15-5-3-4-6-17(15)11-16/h7-12,14,21H,3-6H2,1-2H3. The lowest BCUT2D eigenvalue weighted by Crippen LogP contribution is -2.09. The van der Waals surface area contributed by atoms with E-state index in [1.165, 1.54) is 42.5 Å². The first kappa shape index (κ1) is 14.6. The van der Waals surface area contributed by atoms with Crippen molar-refractivity contribution in [3.8, 4) is 0 Å². The van der Waals surface area contributed by atoms with Gasteiger partial charge in [0.15, 0.2) is 0 Å². The van der Waals surface area contributed by atoms with Gasteiger partial charge < -0.3 is 5.32 Å². The normalized spacial score (nSPS) is 15.4. The molecule has 1 N–H and O–H groups in total. The summed E-state index contributed by atoms with van der Waals surface area (Å²) in [5, 5.41) is 3.62. The van der Waals surface area contributed by atoms with Crippen LogP contribution in [0.3, 0.4) is 0 Å². The van der Waals surface area contributed by atoms with Gasteiger partial charge in [0, 0.05) is 16.2 Å². The minimum atomic E-state index is 0.325. The van der Waals surface area contributed by atoms with E-state index in [2.05, 4.69) is 71.5 Å². The number of hydrogen-bond donors (Lipinski definition) is 1. The van der Waals surface area contributed by atoms with Crippen molar-refractivity contribution < 1.29 is 0 Å². The monoisotopic (exact) mass is 343 g/mol. The van der Waals surface area contributed by atoms with Crippen LogP contribution in [0.15, 0.2) is 40.9 Å². The van der Waals surface area contributed by atoms with Crippen molar-refractivity contribution in [1.82, 2.24) is 0 Å². The number of halogens is 1. The van der Waals surface area contributed by atoms with Crippen molar-refractivity contribution >= 4 is 21.6 Å². The van der Waals surface area contributed by atoms with Crippen LogP contribution in [0.1, 0.15) is 48.1 Å². The molecule has 1 aliphatic carbocycles. The lowest BCUT2D eigenvalue weighted by atomic mass is 9.89. The van der Waals surface area contributed by atoms with E-state index in [1.807, 2.05) is 0 Å². The van der Waals surface area contributed by atoms with Crippen LogP contribution >= 0.6 is 15.9 Å². The van der Waals surface area contributed by atoms with Crippen molar-refractivity contribution in [2.75, 3.05) is 5.32 Å². The summed E-state index contributed by atoms with van der Waals surface area (Å²) < 4.78 is 1.13. The molecule has 0 aliphatic heterocycles. The highest BCUT2D eigenvalue weighted by Gasteiger charge is 2.12. The van der Waals surface area contributed by atoms with Crippen LogP contribution in [0.2, 0.25) is 0 Å². The summed E-state index contributed by atoms with van der Waals surface area (Å²) >= 11 is 3.57. The number of nitrogens with one attached hydrogen (secondary N) is 1. The van der Waals surface area contributed by atoms with Gasteiger partial charge in [-0.05, 0) is 80.0 Å². The molecule has 0 bridgehead atoms. The van der Waals surface area contributed by atoms with Gasteiger partial charge in [0.2, 0.25) is 0 Å². The molecule has 110 valence electrons. The van der Waals surface area contributed by atoms with E-state index in [0.29, 0.717) is 6.04 Å². The summed E-state index contributed by atoms with van der Waals surface area (Å²) in [6, 6.07) is 13.8. The number of anilines is 1. The maximum absolute atomic E-state index is 3.62. The fraction of sp³-hybridized carbons (Fsp3) is 0.368. The third kappa shape index (κ3) is 3.49. The molecule has 1 aliphatic rings. The molecular weight excluding hydrogens is 322 g/mol. The predicted molar refractivity (Wildman–Crippen MR) is 94.0 cm³/mol. The molecule has 0 amide bonds. The Morgan fingerprint density at radius 3 is 2.52 bits per heavy atom. The van der Waals surface area contributed by atoms with Crippen LogP contribution in [-0.2, 0) is 12.8 Å². The second kappa shape index (κ2) is 6.23. The summed E-state index contributed by atoms with van der Waals surface area (Å²) in [5.74, 6) is 0. The molecule has 0 spiro atoms. The Hall–Kier alpha value is -1.28. The Labute approximate surface area is 135 Å². The van der Waals surface area contributed by atoms with Gasteiger partial charge >= 0.3 is 0 Å². The molecular formula is C19H22BrN. The van der Waals surface area contributed by atoms with Gasteiger partial charge in [-0.25, -0.2) is 0 Å². The third-order valence-electron chi connectivity index (χ3n) is 4.30. The first-order valence-corrected chi connectivity index (χ1v) is 8.56. The molecule has 2 aromatic rings. The van der Waals surface area contributed by atoms with E-state index in [9.17, 15) is 0 Å². The molecule has 0 fully saturated rings. The van der Waals surface area contributed by atoms with Gasteiger partial charge in [0.1, 0.15) is 0 Å². The summed E-state index contributed by atoms with van der Waals surface area (Å²) in [6.45, 7) is 4.36. The number of fused-ring (bicyclic) bond motifs is 1. The highest BCUT2D eigenvalue weighted by molar-refractivity contribution is 9.10. The zero-order chi connectivity index (χ0) is 14.8. The maximum Gasteiger partial charge on any atom is 0.0485 e. The molecule has 2 aromatic carbocycles. The lowest BCUT2D eigenvalue weighted by Gasteiger charge is -2.21. The quantitative estimate of drug-likeness (QED) is 0.741. The summed E-state index contributed by atoms with van der Waals surface area (Å²) in [7, 11) is 0. The molecule has 2 heteroatoms. The van der Waals surface area contributed by atoms with Gasteiger partial charge in [-0.1, -0.05) is 34.1 Å². The molecule has 1 atom stereocenters. The Balaban J connectivity index is 1.80. The van der Waals surface area contributed by atoms with Crippen molar-refractivity contribution in [2.24, 2.45) is 0 Å².